The SMILES string of the molecule is Clc1cccc(CC(Cl)c2ccccc2)c1. The van der Waals surface area contributed by atoms with E-state index in [1.54, 1.807) is 0 Å². The van der Waals surface area contributed by atoms with E-state index in [2.05, 4.69) is 0 Å². The highest BCUT2D eigenvalue weighted by atomic mass is 35.5. The maximum Gasteiger partial charge on any atom is 0.0625 e. The molecule has 0 aliphatic heterocycles. The maximum atomic E-state index is 6.35. The molecular weight excluding hydrogens is 239 g/mol. The van der Waals surface area contributed by atoms with Crippen LogP contribution in [0, 0.1) is 0 Å². The second-order valence-electron chi connectivity index (χ2n) is 3.71. The van der Waals surface area contributed by atoms with Crippen molar-refractivity contribution in [3.05, 3.63) is 70.7 Å². The van der Waals surface area contributed by atoms with E-state index in [0.717, 1.165) is 22.6 Å². The lowest BCUT2D eigenvalue weighted by atomic mass is 10.0. The van der Waals surface area contributed by atoms with Gasteiger partial charge in [-0.25, -0.2) is 0 Å². The summed E-state index contributed by atoms with van der Waals surface area (Å²) in [6, 6.07) is 17.9. The van der Waals surface area contributed by atoms with Gasteiger partial charge in [0, 0.05) is 5.02 Å². The summed E-state index contributed by atoms with van der Waals surface area (Å²) in [5.74, 6) is 0. The molecule has 0 aliphatic carbocycles. The van der Waals surface area contributed by atoms with Crippen LogP contribution in [0.4, 0.5) is 0 Å². The smallest absolute Gasteiger partial charge is 0.0625 e. The minimum absolute atomic E-state index is 0.000309. The van der Waals surface area contributed by atoms with Crippen LogP contribution in [-0.4, -0.2) is 0 Å². The Labute approximate surface area is 106 Å². The third-order valence-electron chi connectivity index (χ3n) is 2.47. The molecule has 2 heteroatoms. The molecule has 0 amide bonds. The zero-order chi connectivity index (χ0) is 11.4. The maximum absolute atomic E-state index is 6.35. The Morgan fingerprint density at radius 2 is 1.69 bits per heavy atom. The lowest BCUT2D eigenvalue weighted by Crippen LogP contribution is -1.95. The third kappa shape index (κ3) is 3.01. The zero-order valence-corrected chi connectivity index (χ0v) is 10.2. The van der Waals surface area contributed by atoms with Crippen molar-refractivity contribution in [2.45, 2.75) is 11.8 Å². The summed E-state index contributed by atoms with van der Waals surface area (Å²) in [5, 5.41) is 0.758. The minimum Gasteiger partial charge on any atom is -0.117 e. The molecule has 2 aromatic carbocycles. The first-order valence-corrected chi connectivity index (χ1v) is 6.00. The Kier molecular flexibility index (Phi) is 3.87. The Morgan fingerprint density at radius 1 is 0.938 bits per heavy atom. The van der Waals surface area contributed by atoms with Gasteiger partial charge in [0.1, 0.15) is 0 Å². The number of hydrogen-bond acceptors (Lipinski definition) is 0. The highest BCUT2D eigenvalue weighted by molar-refractivity contribution is 6.30. The second-order valence-corrected chi connectivity index (χ2v) is 4.68. The van der Waals surface area contributed by atoms with Crippen molar-refractivity contribution in [2.24, 2.45) is 0 Å². The second kappa shape index (κ2) is 5.38. The largest absolute Gasteiger partial charge is 0.117 e. The Bertz CT molecular complexity index is 451. The van der Waals surface area contributed by atoms with E-state index >= 15 is 0 Å². The molecule has 1 atom stereocenters. The van der Waals surface area contributed by atoms with Crippen molar-refractivity contribution in [3.63, 3.8) is 0 Å². The molecule has 0 radical (unpaired) electrons. The van der Waals surface area contributed by atoms with Gasteiger partial charge in [-0.3, -0.25) is 0 Å². The van der Waals surface area contributed by atoms with Gasteiger partial charge in [0.15, 0.2) is 0 Å². The summed E-state index contributed by atoms with van der Waals surface area (Å²) in [6.07, 6.45) is 0.798. The van der Waals surface area contributed by atoms with E-state index in [-0.39, 0.29) is 5.38 Å². The molecule has 0 saturated heterocycles. The quantitative estimate of drug-likeness (QED) is 0.683. The highest BCUT2D eigenvalue weighted by Crippen LogP contribution is 2.25. The van der Waals surface area contributed by atoms with E-state index in [1.807, 2.05) is 54.6 Å². The van der Waals surface area contributed by atoms with Crippen molar-refractivity contribution < 1.29 is 0 Å². The molecule has 0 bridgehead atoms. The molecule has 0 saturated carbocycles. The fourth-order valence-corrected chi connectivity index (χ4v) is 2.19. The highest BCUT2D eigenvalue weighted by Gasteiger charge is 2.08. The normalized spacial score (nSPS) is 12.4. The summed E-state index contributed by atoms with van der Waals surface area (Å²) in [4.78, 5) is 0. The van der Waals surface area contributed by atoms with Gasteiger partial charge in [0.05, 0.1) is 5.38 Å². The van der Waals surface area contributed by atoms with Crippen LogP contribution < -0.4 is 0 Å². The molecule has 1 unspecified atom stereocenters. The number of hydrogen-bond donors (Lipinski definition) is 0. The third-order valence-corrected chi connectivity index (χ3v) is 3.11. The van der Waals surface area contributed by atoms with Crippen molar-refractivity contribution in [1.82, 2.24) is 0 Å². The first-order chi connectivity index (χ1) is 7.75. The van der Waals surface area contributed by atoms with Gasteiger partial charge >= 0.3 is 0 Å². The minimum atomic E-state index is -0.000309. The van der Waals surface area contributed by atoms with Crippen molar-refractivity contribution in [2.75, 3.05) is 0 Å². The van der Waals surface area contributed by atoms with Gasteiger partial charge in [0.25, 0.3) is 0 Å². The Balaban J connectivity index is 2.11. The van der Waals surface area contributed by atoms with Gasteiger partial charge in [-0.15, -0.1) is 11.6 Å². The van der Waals surface area contributed by atoms with E-state index in [9.17, 15) is 0 Å². The molecule has 0 heterocycles. The summed E-state index contributed by atoms with van der Waals surface area (Å²) in [7, 11) is 0. The summed E-state index contributed by atoms with van der Waals surface area (Å²) < 4.78 is 0. The molecule has 0 N–H and O–H groups in total. The predicted molar refractivity (Wildman–Crippen MR) is 70.2 cm³/mol. The topological polar surface area (TPSA) is 0 Å². The average Bonchev–Trinajstić information content (AvgIpc) is 2.30. The molecular formula is C14H12Cl2. The van der Waals surface area contributed by atoms with Crippen LogP contribution in [0.1, 0.15) is 16.5 Å². The fraction of sp³-hybridized carbons (Fsp3) is 0.143. The number of halogens is 2. The van der Waals surface area contributed by atoms with Crippen molar-refractivity contribution in [1.29, 1.82) is 0 Å². The number of alkyl halides is 1. The predicted octanol–water partition coefficient (Wildman–Crippen LogP) is 4.86. The number of benzene rings is 2. The van der Waals surface area contributed by atoms with Gasteiger partial charge < -0.3 is 0 Å². The van der Waals surface area contributed by atoms with Gasteiger partial charge in [-0.05, 0) is 29.7 Å². The number of rotatable bonds is 3. The lowest BCUT2D eigenvalue weighted by molar-refractivity contribution is 0.920. The Hall–Kier alpha value is -0.980. The molecule has 2 rings (SSSR count). The molecule has 0 aliphatic rings. The molecule has 0 aromatic heterocycles. The van der Waals surface area contributed by atoms with Crippen LogP contribution in [0.2, 0.25) is 5.02 Å². The monoisotopic (exact) mass is 250 g/mol. The first kappa shape index (κ1) is 11.5. The van der Waals surface area contributed by atoms with Crippen LogP contribution in [0.25, 0.3) is 0 Å². The molecule has 16 heavy (non-hydrogen) atoms. The van der Waals surface area contributed by atoms with Gasteiger partial charge in [0.2, 0.25) is 0 Å². The van der Waals surface area contributed by atoms with Crippen LogP contribution >= 0.6 is 23.2 Å². The lowest BCUT2D eigenvalue weighted by Gasteiger charge is -2.09. The van der Waals surface area contributed by atoms with Crippen LogP contribution in [0.3, 0.4) is 0 Å². The Morgan fingerprint density at radius 3 is 2.38 bits per heavy atom. The molecule has 0 spiro atoms. The molecule has 2 aromatic rings. The van der Waals surface area contributed by atoms with Crippen LogP contribution in [0.5, 0.6) is 0 Å². The van der Waals surface area contributed by atoms with E-state index in [0.29, 0.717) is 0 Å². The van der Waals surface area contributed by atoms with Crippen molar-refractivity contribution in [3.8, 4) is 0 Å². The first-order valence-electron chi connectivity index (χ1n) is 5.19. The summed E-state index contributed by atoms with van der Waals surface area (Å²) in [6.45, 7) is 0. The van der Waals surface area contributed by atoms with E-state index < -0.39 is 0 Å². The fourth-order valence-electron chi connectivity index (χ4n) is 1.65. The zero-order valence-electron chi connectivity index (χ0n) is 8.74. The summed E-state index contributed by atoms with van der Waals surface area (Å²) in [5.41, 5.74) is 2.31. The standard InChI is InChI=1S/C14H12Cl2/c15-13-8-4-5-11(9-13)10-14(16)12-6-2-1-3-7-12/h1-9,14H,10H2. The van der Waals surface area contributed by atoms with Crippen LogP contribution in [-0.2, 0) is 6.42 Å². The molecule has 82 valence electrons. The van der Waals surface area contributed by atoms with E-state index in [1.165, 1.54) is 0 Å². The molecule has 0 fully saturated rings. The van der Waals surface area contributed by atoms with E-state index in [4.69, 9.17) is 23.2 Å². The summed E-state index contributed by atoms with van der Waals surface area (Å²) >= 11 is 12.3. The molecule has 0 nitrogen and oxygen atoms in total. The van der Waals surface area contributed by atoms with Crippen molar-refractivity contribution >= 4 is 23.2 Å². The van der Waals surface area contributed by atoms with Gasteiger partial charge in [-0.1, -0.05) is 54.1 Å². The van der Waals surface area contributed by atoms with Gasteiger partial charge in [-0.2, -0.15) is 0 Å². The average molecular weight is 251 g/mol. The van der Waals surface area contributed by atoms with Crippen LogP contribution in [0.15, 0.2) is 54.6 Å².